The van der Waals surface area contributed by atoms with E-state index in [0.717, 1.165) is 25.5 Å². The summed E-state index contributed by atoms with van der Waals surface area (Å²) >= 11 is 0. The average molecular weight is 243 g/mol. The molecule has 4 nitrogen and oxygen atoms in total. The molecule has 2 aliphatic rings. The number of carbonyl (C=O) groups is 3. The Labute approximate surface area is 105 Å². The van der Waals surface area contributed by atoms with E-state index in [9.17, 15) is 14.4 Å². The summed E-state index contributed by atoms with van der Waals surface area (Å²) in [5, 5.41) is 0. The Kier molecular flexibility index (Phi) is 2.51. The third kappa shape index (κ3) is 1.49. The van der Waals surface area contributed by atoms with E-state index in [-0.39, 0.29) is 23.7 Å². The fraction of sp³-hybridized carbons (Fsp3) is 0.357. The summed E-state index contributed by atoms with van der Waals surface area (Å²) in [6.07, 6.45) is 3.28. The molecule has 4 heteroatoms. The van der Waals surface area contributed by atoms with Gasteiger partial charge in [-0.05, 0) is 25.0 Å². The van der Waals surface area contributed by atoms with Gasteiger partial charge in [-0.3, -0.25) is 19.3 Å². The second kappa shape index (κ2) is 4.05. The molecule has 2 fully saturated rings. The Morgan fingerprint density at radius 3 is 2.39 bits per heavy atom. The van der Waals surface area contributed by atoms with E-state index in [2.05, 4.69) is 0 Å². The van der Waals surface area contributed by atoms with Gasteiger partial charge in [0.25, 0.3) is 0 Å². The molecule has 0 radical (unpaired) electrons. The number of rotatable bonds is 2. The van der Waals surface area contributed by atoms with Gasteiger partial charge in [-0.25, -0.2) is 0 Å². The number of amides is 2. The van der Waals surface area contributed by atoms with Crippen molar-refractivity contribution in [1.82, 2.24) is 0 Å². The first-order valence-electron chi connectivity index (χ1n) is 6.15. The van der Waals surface area contributed by atoms with E-state index in [1.807, 2.05) is 0 Å². The molecule has 2 atom stereocenters. The zero-order valence-corrected chi connectivity index (χ0v) is 9.83. The summed E-state index contributed by atoms with van der Waals surface area (Å²) in [5.74, 6) is -0.495. The number of anilines is 1. The van der Waals surface area contributed by atoms with Crippen molar-refractivity contribution in [3.63, 3.8) is 0 Å². The number of fused-ring (bicyclic) bond motifs is 1. The van der Waals surface area contributed by atoms with Crippen LogP contribution in [0.4, 0.5) is 5.69 Å². The number of imide groups is 1. The Morgan fingerprint density at radius 1 is 1.11 bits per heavy atom. The van der Waals surface area contributed by atoms with Crippen LogP contribution in [0.1, 0.15) is 29.6 Å². The maximum absolute atomic E-state index is 12.2. The minimum Gasteiger partial charge on any atom is -0.298 e. The second-order valence-corrected chi connectivity index (χ2v) is 4.87. The van der Waals surface area contributed by atoms with Gasteiger partial charge in [0.2, 0.25) is 11.8 Å². The van der Waals surface area contributed by atoms with Gasteiger partial charge in [0.05, 0.1) is 17.5 Å². The molecule has 1 saturated carbocycles. The molecule has 1 aromatic carbocycles. The summed E-state index contributed by atoms with van der Waals surface area (Å²) in [4.78, 5) is 36.4. The highest BCUT2D eigenvalue weighted by Crippen LogP contribution is 2.41. The van der Waals surface area contributed by atoms with Crippen LogP contribution in [-0.2, 0) is 9.59 Å². The molecule has 2 unspecified atom stereocenters. The average Bonchev–Trinajstić information content (AvgIpc) is 2.95. The normalized spacial score (nSPS) is 26.6. The molecule has 3 rings (SSSR count). The lowest BCUT2D eigenvalue weighted by atomic mass is 10.00. The van der Waals surface area contributed by atoms with Crippen molar-refractivity contribution in [2.75, 3.05) is 4.90 Å². The molecule has 2 amide bonds. The predicted octanol–water partition coefficient (Wildman–Crippen LogP) is 1.79. The highest BCUT2D eigenvalue weighted by atomic mass is 16.2. The van der Waals surface area contributed by atoms with Crippen molar-refractivity contribution >= 4 is 23.8 Å². The van der Waals surface area contributed by atoms with Crippen LogP contribution in [0.15, 0.2) is 24.3 Å². The van der Waals surface area contributed by atoms with E-state index >= 15 is 0 Å². The number of nitrogens with zero attached hydrogens (tertiary/aromatic N) is 1. The smallest absolute Gasteiger partial charge is 0.237 e. The highest BCUT2D eigenvalue weighted by Gasteiger charge is 2.50. The fourth-order valence-electron chi connectivity index (χ4n) is 2.98. The van der Waals surface area contributed by atoms with E-state index in [0.29, 0.717) is 11.3 Å². The lowest BCUT2D eigenvalue weighted by Crippen LogP contribution is -2.31. The molecule has 0 aromatic heterocycles. The van der Waals surface area contributed by atoms with Crippen molar-refractivity contribution in [2.45, 2.75) is 19.3 Å². The largest absolute Gasteiger partial charge is 0.298 e. The molecule has 0 spiro atoms. The van der Waals surface area contributed by atoms with Gasteiger partial charge < -0.3 is 0 Å². The third-order valence-corrected chi connectivity index (χ3v) is 3.86. The van der Waals surface area contributed by atoms with Crippen molar-refractivity contribution in [2.24, 2.45) is 11.8 Å². The molecule has 92 valence electrons. The molecular weight excluding hydrogens is 230 g/mol. The summed E-state index contributed by atoms with van der Waals surface area (Å²) in [7, 11) is 0. The van der Waals surface area contributed by atoms with Crippen LogP contribution in [0.2, 0.25) is 0 Å². The molecule has 18 heavy (non-hydrogen) atoms. The summed E-state index contributed by atoms with van der Waals surface area (Å²) in [5.41, 5.74) is 0.995. The number of aldehydes is 1. The summed E-state index contributed by atoms with van der Waals surface area (Å²) in [6, 6.07) is 6.63. The predicted molar refractivity (Wildman–Crippen MR) is 65.2 cm³/mol. The monoisotopic (exact) mass is 243 g/mol. The number of carbonyl (C=O) groups excluding carboxylic acids is 3. The van der Waals surface area contributed by atoms with Crippen LogP contribution >= 0.6 is 0 Å². The summed E-state index contributed by atoms with van der Waals surface area (Å²) in [6.45, 7) is 0. The molecule has 1 saturated heterocycles. The highest BCUT2D eigenvalue weighted by molar-refractivity contribution is 6.22. The Bertz CT molecular complexity index is 516. The SMILES string of the molecule is O=Cc1cccc(N2C(=O)C3CCCC3C2=O)c1. The second-order valence-electron chi connectivity index (χ2n) is 4.87. The maximum Gasteiger partial charge on any atom is 0.237 e. The van der Waals surface area contributed by atoms with Gasteiger partial charge in [-0.15, -0.1) is 0 Å². The molecule has 0 N–H and O–H groups in total. The molecule has 1 aromatic rings. The number of hydrogen-bond acceptors (Lipinski definition) is 3. The minimum atomic E-state index is -0.141. The van der Waals surface area contributed by atoms with Crippen molar-refractivity contribution in [3.05, 3.63) is 29.8 Å². The van der Waals surface area contributed by atoms with Crippen molar-refractivity contribution in [3.8, 4) is 0 Å². The first-order chi connectivity index (χ1) is 8.72. The van der Waals surface area contributed by atoms with E-state index in [1.165, 1.54) is 4.90 Å². The van der Waals surface area contributed by atoms with E-state index < -0.39 is 0 Å². The maximum atomic E-state index is 12.2. The van der Waals surface area contributed by atoms with Crippen LogP contribution in [-0.4, -0.2) is 18.1 Å². The third-order valence-electron chi connectivity index (χ3n) is 3.86. The van der Waals surface area contributed by atoms with Gasteiger partial charge in [0, 0.05) is 5.56 Å². The zero-order chi connectivity index (χ0) is 12.7. The Balaban J connectivity index is 1.99. The molecular formula is C14H13NO3. The van der Waals surface area contributed by atoms with Gasteiger partial charge in [0.15, 0.2) is 0 Å². The fourth-order valence-corrected chi connectivity index (χ4v) is 2.98. The standard InChI is InChI=1S/C14H13NO3/c16-8-9-3-1-4-10(7-9)15-13(17)11-5-2-6-12(11)14(15)18/h1,3-4,7-8,11-12H,2,5-6H2. The van der Waals surface area contributed by atoms with Crippen LogP contribution in [0.3, 0.4) is 0 Å². The molecule has 1 aliphatic heterocycles. The Morgan fingerprint density at radius 2 is 1.78 bits per heavy atom. The van der Waals surface area contributed by atoms with E-state index in [1.54, 1.807) is 24.3 Å². The van der Waals surface area contributed by atoms with E-state index in [4.69, 9.17) is 0 Å². The van der Waals surface area contributed by atoms with Crippen LogP contribution in [0.5, 0.6) is 0 Å². The van der Waals surface area contributed by atoms with Gasteiger partial charge >= 0.3 is 0 Å². The number of hydrogen-bond donors (Lipinski definition) is 0. The topological polar surface area (TPSA) is 54.5 Å². The number of benzene rings is 1. The van der Waals surface area contributed by atoms with Crippen molar-refractivity contribution in [1.29, 1.82) is 0 Å². The first-order valence-corrected chi connectivity index (χ1v) is 6.15. The zero-order valence-electron chi connectivity index (χ0n) is 9.83. The minimum absolute atomic E-state index is 0.106. The van der Waals surface area contributed by atoms with Crippen molar-refractivity contribution < 1.29 is 14.4 Å². The summed E-state index contributed by atoms with van der Waals surface area (Å²) < 4.78 is 0. The van der Waals surface area contributed by atoms with Crippen LogP contribution in [0, 0.1) is 11.8 Å². The van der Waals surface area contributed by atoms with Gasteiger partial charge in [-0.2, -0.15) is 0 Å². The quantitative estimate of drug-likeness (QED) is 0.587. The molecule has 1 aliphatic carbocycles. The lowest BCUT2D eigenvalue weighted by molar-refractivity contribution is -0.122. The van der Waals surface area contributed by atoms with Gasteiger partial charge in [-0.1, -0.05) is 18.6 Å². The van der Waals surface area contributed by atoms with Crippen LogP contribution in [0.25, 0.3) is 0 Å². The lowest BCUT2D eigenvalue weighted by Gasteiger charge is -2.16. The molecule has 1 heterocycles. The molecule has 0 bridgehead atoms. The first kappa shape index (κ1) is 11.1. The Hall–Kier alpha value is -1.97. The van der Waals surface area contributed by atoms with Gasteiger partial charge in [0.1, 0.15) is 6.29 Å². The van der Waals surface area contributed by atoms with Crippen LogP contribution < -0.4 is 4.90 Å².